The van der Waals surface area contributed by atoms with E-state index in [9.17, 15) is 13.2 Å². The van der Waals surface area contributed by atoms with Gasteiger partial charge in [-0.15, -0.1) is 0 Å². The molecule has 0 heterocycles. The number of carboxylic acids is 3. The van der Waals surface area contributed by atoms with Crippen LogP contribution in [-0.4, -0.2) is 56.6 Å². The summed E-state index contributed by atoms with van der Waals surface area (Å²) >= 11 is 0. The van der Waals surface area contributed by atoms with Crippen molar-refractivity contribution in [3.8, 4) is 0 Å². The Labute approximate surface area is 147 Å². The van der Waals surface area contributed by atoms with Crippen molar-refractivity contribution in [2.24, 2.45) is 0 Å². The van der Waals surface area contributed by atoms with Gasteiger partial charge in [-0.3, -0.25) is 0 Å². The third-order valence-electron chi connectivity index (χ3n) is 0.338. The number of rotatable bonds is 3. The Hall–Kier alpha value is 0.265. The standard InChI is InChI=1S/3C2H3FO2.BH4.2Na/c3*3-1-2(4)5;;;/h3*1H2,(H,4,5);1H4;;/q;;;-1;2*+1/p-1. The Bertz CT molecular complexity index is 176. The van der Waals surface area contributed by atoms with E-state index in [1.54, 1.807) is 0 Å². The summed E-state index contributed by atoms with van der Waals surface area (Å²) in [6.45, 7) is -3.94. The third-order valence-corrected chi connectivity index (χ3v) is 0.338. The van der Waals surface area contributed by atoms with Gasteiger partial charge in [0, 0.05) is 0 Å². The normalized spacial score (nSPS) is 6.17. The van der Waals surface area contributed by atoms with Gasteiger partial charge in [0.15, 0.2) is 13.3 Å². The van der Waals surface area contributed by atoms with Gasteiger partial charge in [-0.2, -0.15) is 0 Å². The molecule has 0 aromatic carbocycles. The number of hydrogen-bond donors (Lipinski definition) is 2. The summed E-state index contributed by atoms with van der Waals surface area (Å²) in [4.78, 5) is 26.9. The molecule has 0 spiro atoms. The zero-order chi connectivity index (χ0) is 12.9. The molecule has 98 valence electrons. The molecule has 0 aliphatic rings. The molecule has 0 fully saturated rings. The Morgan fingerprint density at radius 1 is 0.833 bits per heavy atom. The van der Waals surface area contributed by atoms with Crippen LogP contribution in [0.2, 0.25) is 0 Å². The number of carbonyl (C=O) groups is 3. The summed E-state index contributed by atoms with van der Waals surface area (Å²) in [6.07, 6.45) is 0. The molecule has 12 heteroatoms. The van der Waals surface area contributed by atoms with Crippen LogP contribution in [0.5, 0.6) is 0 Å². The summed E-state index contributed by atoms with van der Waals surface area (Å²) in [5, 5.41) is 23.6. The first-order valence-electron chi connectivity index (χ1n) is 3.13. The minimum absolute atomic E-state index is 0. The van der Waals surface area contributed by atoms with E-state index in [4.69, 9.17) is 29.7 Å². The number of carboxylic acid groups (broad SMARTS) is 3. The third kappa shape index (κ3) is 96.6. The van der Waals surface area contributed by atoms with E-state index in [0.29, 0.717) is 0 Å². The largest absolute Gasteiger partial charge is 1.00 e. The molecule has 0 aromatic heterocycles. The SMILES string of the molecule is O=C(O)CF.O=C(O)CF.O=C([O-])CF.[BH4-].[Na+].[Na+]. The molecule has 0 saturated heterocycles. The maximum atomic E-state index is 10.5. The molecule has 0 atom stereocenters. The molecule has 0 aromatic rings. The fraction of sp³-hybridized carbons (Fsp3) is 0.500. The monoisotopic (exact) mass is 294 g/mol. The number of hydrogen-bond acceptors (Lipinski definition) is 4. The van der Waals surface area contributed by atoms with Crippen molar-refractivity contribution in [1.82, 2.24) is 0 Å². The first kappa shape index (κ1) is 36.2. The summed E-state index contributed by atoms with van der Waals surface area (Å²) in [7, 11) is 0. The maximum Gasteiger partial charge on any atom is 1.00 e. The van der Waals surface area contributed by atoms with Crippen molar-refractivity contribution < 1.29 is 102 Å². The molecule has 0 unspecified atom stereocenters. The molecular weight excluding hydrogens is 282 g/mol. The number of carbonyl (C=O) groups excluding carboxylic acids is 1. The maximum absolute atomic E-state index is 10.5. The zero-order valence-electron chi connectivity index (χ0n) is 9.28. The molecule has 0 aliphatic heterocycles. The van der Waals surface area contributed by atoms with E-state index in [1.165, 1.54) is 0 Å². The van der Waals surface area contributed by atoms with Crippen molar-refractivity contribution in [3.05, 3.63) is 0 Å². The van der Waals surface area contributed by atoms with Crippen molar-refractivity contribution >= 4 is 26.3 Å². The molecule has 0 bridgehead atoms. The van der Waals surface area contributed by atoms with Crippen molar-refractivity contribution in [1.29, 1.82) is 0 Å². The first-order chi connectivity index (χ1) is 6.81. The number of halogens is 3. The minimum atomic E-state index is -1.66. The molecule has 0 saturated carbocycles. The fourth-order valence-electron chi connectivity index (χ4n) is 0. The van der Waals surface area contributed by atoms with Crippen LogP contribution in [0.4, 0.5) is 13.2 Å². The van der Waals surface area contributed by atoms with E-state index in [0.717, 1.165) is 0 Å². The van der Waals surface area contributed by atoms with Gasteiger partial charge in [0.1, 0.15) is 6.67 Å². The minimum Gasteiger partial charge on any atom is -0.547 e. The van der Waals surface area contributed by atoms with Crippen molar-refractivity contribution in [3.63, 3.8) is 0 Å². The van der Waals surface area contributed by atoms with Crippen molar-refractivity contribution in [2.45, 2.75) is 0 Å². The Balaban J connectivity index is -0.0000000277. The second-order valence-corrected chi connectivity index (χ2v) is 1.56. The van der Waals surface area contributed by atoms with Gasteiger partial charge in [0.2, 0.25) is 0 Å². The van der Waals surface area contributed by atoms with Gasteiger partial charge in [-0.05, 0) is 0 Å². The van der Waals surface area contributed by atoms with Crippen molar-refractivity contribution in [2.75, 3.05) is 20.0 Å². The predicted molar refractivity (Wildman–Crippen MR) is 49.5 cm³/mol. The van der Waals surface area contributed by atoms with E-state index in [1.807, 2.05) is 0 Å². The van der Waals surface area contributed by atoms with Gasteiger partial charge in [0.25, 0.3) is 0 Å². The van der Waals surface area contributed by atoms with Gasteiger partial charge in [-0.1, -0.05) is 8.41 Å². The summed E-state index contributed by atoms with van der Waals surface area (Å²) in [5.74, 6) is -4.49. The molecule has 2 N–H and O–H groups in total. The Kier molecular flexibility index (Phi) is 61.0. The molecule has 6 nitrogen and oxygen atoms in total. The second-order valence-electron chi connectivity index (χ2n) is 1.56. The van der Waals surface area contributed by atoms with Crippen LogP contribution >= 0.6 is 0 Å². The van der Waals surface area contributed by atoms with Gasteiger partial charge in [0.05, 0.1) is 5.97 Å². The summed E-state index contributed by atoms with van der Waals surface area (Å²) in [6, 6.07) is 0. The molecule has 0 aliphatic carbocycles. The molecule has 18 heavy (non-hydrogen) atoms. The predicted octanol–water partition coefficient (Wildman–Crippen LogP) is -8.66. The van der Waals surface area contributed by atoms with Crippen LogP contribution in [-0.2, 0) is 14.4 Å². The van der Waals surface area contributed by atoms with Crippen LogP contribution in [0.1, 0.15) is 0 Å². The number of aliphatic carboxylic acids is 3. The fourth-order valence-corrected chi connectivity index (χ4v) is 0. The topological polar surface area (TPSA) is 115 Å². The van der Waals surface area contributed by atoms with Crippen LogP contribution in [0.15, 0.2) is 0 Å². The first-order valence-corrected chi connectivity index (χ1v) is 3.13. The van der Waals surface area contributed by atoms with Gasteiger partial charge in [-0.25, -0.2) is 22.8 Å². The van der Waals surface area contributed by atoms with Gasteiger partial charge >= 0.3 is 71.1 Å². The smallest absolute Gasteiger partial charge is 0.547 e. The molecule has 0 amide bonds. The average molecular weight is 294 g/mol. The molecule has 0 rings (SSSR count). The van der Waals surface area contributed by atoms with E-state index < -0.39 is 37.9 Å². The van der Waals surface area contributed by atoms with Crippen LogP contribution < -0.4 is 64.2 Å². The van der Waals surface area contributed by atoms with Crippen LogP contribution in [0.3, 0.4) is 0 Å². The van der Waals surface area contributed by atoms with E-state index >= 15 is 0 Å². The zero-order valence-corrected chi connectivity index (χ0v) is 13.3. The Morgan fingerprint density at radius 2 is 0.944 bits per heavy atom. The van der Waals surface area contributed by atoms with Gasteiger partial charge < -0.3 is 20.1 Å². The van der Waals surface area contributed by atoms with Crippen LogP contribution in [0, 0.1) is 0 Å². The summed E-state index contributed by atoms with van der Waals surface area (Å²) < 4.78 is 31.5. The molecule has 0 radical (unpaired) electrons. The van der Waals surface area contributed by atoms with Crippen LogP contribution in [0.25, 0.3) is 0 Å². The number of alkyl halides is 3. The van der Waals surface area contributed by atoms with E-state index in [-0.39, 0.29) is 67.5 Å². The average Bonchev–Trinajstić information content (AvgIpc) is 2.19. The summed E-state index contributed by atoms with van der Waals surface area (Å²) in [5.41, 5.74) is 0. The molecular formula is C6H12BF3Na2O6. The van der Waals surface area contributed by atoms with E-state index in [2.05, 4.69) is 0 Å². The second kappa shape index (κ2) is 30.4. The Morgan fingerprint density at radius 3 is 0.944 bits per heavy atom. The quantitative estimate of drug-likeness (QED) is 0.500.